The fraction of sp³-hybridized carbons (Fsp3) is 0.241. The summed E-state index contributed by atoms with van der Waals surface area (Å²) in [6, 6.07) is 24.9. The highest BCUT2D eigenvalue weighted by molar-refractivity contribution is 7.80. The molecule has 1 saturated heterocycles. The Kier molecular flexibility index (Phi) is 6.31. The van der Waals surface area contributed by atoms with Crippen molar-refractivity contribution in [1.82, 2.24) is 14.9 Å². The van der Waals surface area contributed by atoms with E-state index >= 15 is 0 Å². The maximum Gasteiger partial charge on any atom is 0.174 e. The molecule has 1 aliphatic heterocycles. The third-order valence-corrected chi connectivity index (χ3v) is 7.15. The van der Waals surface area contributed by atoms with Crippen molar-refractivity contribution in [3.63, 3.8) is 0 Å². The molecule has 0 aliphatic carbocycles. The number of methoxy groups -OCH3 is 1. The van der Waals surface area contributed by atoms with E-state index in [2.05, 4.69) is 78.0 Å². The molecule has 0 unspecified atom stereocenters. The Hall–Kier alpha value is -3.64. The summed E-state index contributed by atoms with van der Waals surface area (Å²) in [5.41, 5.74) is 7.95. The molecule has 4 aromatic rings. The predicted octanol–water partition coefficient (Wildman–Crippen LogP) is 6.24. The first-order chi connectivity index (χ1) is 17.0. The van der Waals surface area contributed by atoms with Crippen LogP contribution in [0.4, 0.5) is 5.69 Å². The lowest BCUT2D eigenvalue weighted by atomic mass is 9.96. The Morgan fingerprint density at radius 1 is 1.00 bits per heavy atom. The van der Waals surface area contributed by atoms with Gasteiger partial charge in [0.2, 0.25) is 0 Å². The Morgan fingerprint density at radius 3 is 2.43 bits per heavy atom. The smallest absolute Gasteiger partial charge is 0.174 e. The molecule has 5 rings (SSSR count). The van der Waals surface area contributed by atoms with E-state index in [1.807, 2.05) is 36.5 Å². The molecule has 6 heteroatoms. The first-order valence-electron chi connectivity index (χ1n) is 11.9. The molecule has 2 aromatic heterocycles. The molecule has 0 saturated carbocycles. The van der Waals surface area contributed by atoms with Crippen LogP contribution in [0.3, 0.4) is 0 Å². The van der Waals surface area contributed by atoms with Gasteiger partial charge in [-0.15, -0.1) is 0 Å². The lowest BCUT2D eigenvalue weighted by molar-refractivity contribution is 0.414. The van der Waals surface area contributed by atoms with Crippen molar-refractivity contribution in [3.8, 4) is 11.4 Å². The van der Waals surface area contributed by atoms with Gasteiger partial charge in [0.05, 0.1) is 30.6 Å². The van der Waals surface area contributed by atoms with Crippen LogP contribution in [0.2, 0.25) is 0 Å². The zero-order chi connectivity index (χ0) is 24.5. The Morgan fingerprint density at radius 2 is 1.74 bits per heavy atom. The van der Waals surface area contributed by atoms with Crippen LogP contribution >= 0.6 is 12.2 Å². The molecule has 2 atom stereocenters. The molecular weight excluding hydrogens is 452 g/mol. The second-order valence-corrected chi connectivity index (χ2v) is 9.24. The molecule has 1 fully saturated rings. The van der Waals surface area contributed by atoms with Crippen LogP contribution in [0.5, 0.6) is 5.75 Å². The first kappa shape index (κ1) is 23.1. The monoisotopic (exact) mass is 482 g/mol. The number of aryl methyl sites for hydroxylation is 2. The van der Waals surface area contributed by atoms with Crippen LogP contribution in [-0.4, -0.2) is 21.8 Å². The van der Waals surface area contributed by atoms with Crippen molar-refractivity contribution in [2.24, 2.45) is 0 Å². The molecule has 35 heavy (non-hydrogen) atoms. The second kappa shape index (κ2) is 9.55. The van der Waals surface area contributed by atoms with E-state index in [9.17, 15) is 0 Å². The van der Waals surface area contributed by atoms with Gasteiger partial charge in [0.1, 0.15) is 5.75 Å². The van der Waals surface area contributed by atoms with E-state index in [1.165, 1.54) is 22.5 Å². The van der Waals surface area contributed by atoms with Gasteiger partial charge in [0.15, 0.2) is 5.11 Å². The Bertz CT molecular complexity index is 1350. The maximum atomic E-state index is 5.91. The van der Waals surface area contributed by atoms with Crippen molar-refractivity contribution in [2.75, 3.05) is 12.0 Å². The lowest BCUT2D eigenvalue weighted by Crippen LogP contribution is -2.30. The zero-order valence-corrected chi connectivity index (χ0v) is 21.3. The summed E-state index contributed by atoms with van der Waals surface area (Å²) < 4.78 is 8.06. The number of hydrogen-bond acceptors (Lipinski definition) is 3. The Labute approximate surface area is 212 Å². The average Bonchev–Trinajstić information content (AvgIpc) is 3.39. The van der Waals surface area contributed by atoms with Gasteiger partial charge in [-0.05, 0) is 86.1 Å². The van der Waals surface area contributed by atoms with Gasteiger partial charge in [-0.1, -0.05) is 37.3 Å². The number of thiocarbonyl (C=S) groups is 1. The second-order valence-electron chi connectivity index (χ2n) is 8.85. The highest BCUT2D eigenvalue weighted by Gasteiger charge is 2.43. The van der Waals surface area contributed by atoms with Crippen molar-refractivity contribution in [1.29, 1.82) is 0 Å². The van der Waals surface area contributed by atoms with Gasteiger partial charge < -0.3 is 19.5 Å². The minimum Gasteiger partial charge on any atom is -0.495 e. The third-order valence-electron chi connectivity index (χ3n) is 6.83. The average molecular weight is 483 g/mol. The summed E-state index contributed by atoms with van der Waals surface area (Å²) in [6.07, 6.45) is 2.86. The van der Waals surface area contributed by atoms with Gasteiger partial charge in [0.25, 0.3) is 0 Å². The zero-order valence-electron chi connectivity index (χ0n) is 20.5. The molecule has 0 bridgehead atoms. The molecule has 178 valence electrons. The minimum atomic E-state index is -0.106. The first-order valence-corrected chi connectivity index (χ1v) is 12.4. The van der Waals surface area contributed by atoms with Crippen molar-refractivity contribution in [2.45, 2.75) is 39.3 Å². The summed E-state index contributed by atoms with van der Waals surface area (Å²) in [4.78, 5) is 6.87. The fourth-order valence-corrected chi connectivity index (χ4v) is 5.46. The fourth-order valence-electron chi connectivity index (χ4n) is 5.12. The number of benzene rings is 2. The summed E-state index contributed by atoms with van der Waals surface area (Å²) in [7, 11) is 1.70. The number of anilines is 1. The minimum absolute atomic E-state index is 0.0939. The van der Waals surface area contributed by atoms with Gasteiger partial charge in [-0.3, -0.25) is 4.98 Å². The van der Waals surface area contributed by atoms with Gasteiger partial charge >= 0.3 is 0 Å². The topological polar surface area (TPSA) is 42.3 Å². The van der Waals surface area contributed by atoms with E-state index < -0.39 is 0 Å². The summed E-state index contributed by atoms with van der Waals surface area (Å²) in [6.45, 7) is 6.53. The SMILES string of the molecule is CCc1ccc(-n2c(C)cc([C@H]3[C@@H](c4ccccn4)NC(=S)N3c3ccccc3OC)c2C)cc1. The number of nitrogens with one attached hydrogen (secondary N) is 1. The van der Waals surface area contributed by atoms with E-state index in [0.29, 0.717) is 5.11 Å². The molecule has 0 radical (unpaired) electrons. The van der Waals surface area contributed by atoms with Gasteiger partial charge in [-0.2, -0.15) is 0 Å². The van der Waals surface area contributed by atoms with Gasteiger partial charge in [-0.25, -0.2) is 0 Å². The van der Waals surface area contributed by atoms with Crippen molar-refractivity contribution < 1.29 is 4.74 Å². The molecule has 1 N–H and O–H groups in total. The molecule has 5 nitrogen and oxygen atoms in total. The number of rotatable bonds is 6. The summed E-state index contributed by atoms with van der Waals surface area (Å²) in [5.74, 6) is 0.785. The van der Waals surface area contributed by atoms with Crippen LogP contribution in [-0.2, 0) is 6.42 Å². The molecule has 0 amide bonds. The van der Waals surface area contributed by atoms with Gasteiger partial charge in [0, 0.05) is 23.3 Å². The van der Waals surface area contributed by atoms with Crippen LogP contribution in [0.25, 0.3) is 5.69 Å². The van der Waals surface area contributed by atoms with Crippen LogP contribution in [0.15, 0.2) is 79.0 Å². The maximum absolute atomic E-state index is 5.91. The van der Waals surface area contributed by atoms with Crippen LogP contribution in [0, 0.1) is 13.8 Å². The van der Waals surface area contributed by atoms with E-state index in [1.54, 1.807) is 7.11 Å². The molecule has 0 spiro atoms. The predicted molar refractivity (Wildman–Crippen MR) is 146 cm³/mol. The van der Waals surface area contributed by atoms with E-state index in [-0.39, 0.29) is 12.1 Å². The molecule has 3 heterocycles. The van der Waals surface area contributed by atoms with Crippen molar-refractivity contribution >= 4 is 23.0 Å². The number of para-hydroxylation sites is 2. The van der Waals surface area contributed by atoms with E-state index in [0.717, 1.165) is 29.2 Å². The largest absolute Gasteiger partial charge is 0.495 e. The highest BCUT2D eigenvalue weighted by atomic mass is 32.1. The number of pyridine rings is 1. The number of ether oxygens (including phenoxy) is 1. The third kappa shape index (κ3) is 4.08. The molecule has 1 aliphatic rings. The number of hydrogen-bond donors (Lipinski definition) is 1. The van der Waals surface area contributed by atoms with Crippen LogP contribution in [0.1, 0.15) is 47.2 Å². The highest BCUT2D eigenvalue weighted by Crippen LogP contribution is 2.46. The van der Waals surface area contributed by atoms with E-state index in [4.69, 9.17) is 21.9 Å². The standard InChI is InChI=1S/C29H30N4OS/c1-5-21-13-15-22(16-14-21)32-19(2)18-23(20(32)3)28-27(24-10-8-9-17-30-24)31-29(35)33(28)25-11-6-7-12-26(25)34-4/h6-18,27-28H,5H2,1-4H3,(H,31,35)/t27-,28+/m1/s1. The number of nitrogens with zero attached hydrogens (tertiary/aromatic N) is 3. The van der Waals surface area contributed by atoms with Crippen LogP contribution < -0.4 is 15.0 Å². The summed E-state index contributed by atoms with van der Waals surface area (Å²) in [5, 5.41) is 4.22. The number of aromatic nitrogens is 2. The normalized spacial score (nSPS) is 17.5. The Balaban J connectivity index is 1.68. The summed E-state index contributed by atoms with van der Waals surface area (Å²) >= 11 is 5.91. The quantitative estimate of drug-likeness (QED) is 0.330. The molecular formula is C29H30N4OS. The van der Waals surface area contributed by atoms with Crippen molar-refractivity contribution in [3.05, 3.63) is 107 Å². The molecule has 2 aromatic carbocycles. The lowest BCUT2D eigenvalue weighted by Gasteiger charge is -2.29.